The Kier molecular flexibility index (Phi) is 9.42. The van der Waals surface area contributed by atoms with E-state index in [1.165, 1.54) is 22.3 Å². The number of nitrogens with zero attached hydrogens (tertiary/aromatic N) is 2. The van der Waals surface area contributed by atoms with E-state index in [9.17, 15) is 27.1 Å². The Balaban J connectivity index is 1.65. The molecule has 3 aromatic rings. The van der Waals surface area contributed by atoms with Crippen LogP contribution in [0.2, 0.25) is 0 Å². The van der Waals surface area contributed by atoms with Gasteiger partial charge in [0.1, 0.15) is 28.4 Å². The fourth-order valence-electron chi connectivity index (χ4n) is 4.48. The quantitative estimate of drug-likeness (QED) is 0.378. The van der Waals surface area contributed by atoms with Crippen LogP contribution in [0.5, 0.6) is 5.75 Å². The number of carbonyl (C=O) groups is 1. The zero-order valence-electron chi connectivity index (χ0n) is 23.0. The van der Waals surface area contributed by atoms with Gasteiger partial charge in [0.05, 0.1) is 18.8 Å². The molecule has 0 bridgehead atoms. The predicted octanol–water partition coefficient (Wildman–Crippen LogP) is 5.07. The van der Waals surface area contributed by atoms with Gasteiger partial charge in [0.15, 0.2) is 0 Å². The van der Waals surface area contributed by atoms with Crippen LogP contribution >= 0.6 is 0 Å². The summed E-state index contributed by atoms with van der Waals surface area (Å²) < 4.78 is 62.6. The number of sulfonamides is 1. The van der Waals surface area contributed by atoms with E-state index in [0.717, 1.165) is 23.8 Å². The molecule has 2 N–H and O–H groups in total. The Morgan fingerprint density at radius 1 is 1.12 bits per heavy atom. The highest BCUT2D eigenvalue weighted by atomic mass is 32.2. The van der Waals surface area contributed by atoms with E-state index in [1.807, 2.05) is 42.5 Å². The average Bonchev–Trinajstić information content (AvgIpc) is 2.95. The van der Waals surface area contributed by atoms with Gasteiger partial charge in [-0.05, 0) is 42.3 Å². The molecular weight excluding hydrogens is 552 g/mol. The highest BCUT2D eigenvalue weighted by molar-refractivity contribution is 7.89. The maximum absolute atomic E-state index is 14.1. The third kappa shape index (κ3) is 7.10. The van der Waals surface area contributed by atoms with Crippen molar-refractivity contribution in [3.05, 3.63) is 89.5 Å². The maximum atomic E-state index is 14.1. The number of urea groups is 1. The number of hydrogen-bond acceptors (Lipinski definition) is 5. The number of anilines is 1. The van der Waals surface area contributed by atoms with Gasteiger partial charge in [-0.1, -0.05) is 55.5 Å². The summed E-state index contributed by atoms with van der Waals surface area (Å²) in [5.74, 6) is -1.80. The van der Waals surface area contributed by atoms with Gasteiger partial charge in [-0.15, -0.1) is 0 Å². The minimum atomic E-state index is -4.03. The Hall–Kier alpha value is -3.80. The number of likely N-dealkylation sites (N-methyl/N-ethyl adjacent to an activating group) is 1. The number of benzene rings is 3. The summed E-state index contributed by atoms with van der Waals surface area (Å²) >= 11 is 0. The Morgan fingerprint density at radius 2 is 1.83 bits per heavy atom. The monoisotopic (exact) mass is 585 g/mol. The van der Waals surface area contributed by atoms with Crippen molar-refractivity contribution >= 4 is 33.9 Å². The topological polar surface area (TPSA) is 99.2 Å². The van der Waals surface area contributed by atoms with Gasteiger partial charge in [0.2, 0.25) is 10.0 Å². The highest BCUT2D eigenvalue weighted by Crippen LogP contribution is 2.34. The minimum Gasteiger partial charge on any atom is -0.487 e. The molecule has 3 aromatic carbocycles. The smallest absolute Gasteiger partial charge is 0.321 e. The van der Waals surface area contributed by atoms with Gasteiger partial charge in [-0.25, -0.2) is 22.0 Å². The number of ether oxygens (including phenoxy) is 1. The molecule has 0 aromatic heterocycles. The summed E-state index contributed by atoms with van der Waals surface area (Å²) in [5, 5.41) is 12.2. The molecule has 3 atom stereocenters. The summed E-state index contributed by atoms with van der Waals surface area (Å²) in [6, 6.07) is 15.7. The molecule has 1 aliphatic heterocycles. The summed E-state index contributed by atoms with van der Waals surface area (Å²) in [6.45, 7) is 3.06. The van der Waals surface area contributed by atoms with Crippen molar-refractivity contribution in [1.82, 2.24) is 9.21 Å². The summed E-state index contributed by atoms with van der Waals surface area (Å²) in [4.78, 5) is 14.1. The molecule has 218 valence electrons. The lowest BCUT2D eigenvalue weighted by atomic mass is 10.0. The molecule has 0 saturated heterocycles. The van der Waals surface area contributed by atoms with Crippen LogP contribution in [0.1, 0.15) is 25.0 Å². The van der Waals surface area contributed by atoms with E-state index in [-0.39, 0.29) is 36.0 Å². The van der Waals surface area contributed by atoms with Crippen LogP contribution in [-0.4, -0.2) is 67.7 Å². The first-order valence-corrected chi connectivity index (χ1v) is 14.6. The second kappa shape index (κ2) is 12.8. The number of fused-ring (bicyclic) bond motifs is 1. The summed E-state index contributed by atoms with van der Waals surface area (Å²) in [6.07, 6.45) is 3.05. The fourth-order valence-corrected chi connectivity index (χ4v) is 6.30. The first-order valence-electron chi connectivity index (χ1n) is 13.1. The number of hydrogen-bond donors (Lipinski definition) is 2. The zero-order valence-corrected chi connectivity index (χ0v) is 23.8. The molecule has 41 heavy (non-hydrogen) atoms. The van der Waals surface area contributed by atoms with Gasteiger partial charge in [-0.2, -0.15) is 4.31 Å². The lowest BCUT2D eigenvalue weighted by Crippen LogP contribution is -2.50. The number of aliphatic hydroxyl groups excluding tert-OH is 1. The molecule has 0 radical (unpaired) electrons. The van der Waals surface area contributed by atoms with Crippen molar-refractivity contribution in [2.75, 3.05) is 32.1 Å². The molecular formula is C30H33F2N3O5S. The van der Waals surface area contributed by atoms with Gasteiger partial charge < -0.3 is 20.1 Å². The SMILES string of the molecule is C[C@H]1CN([C@@H](C)CO)S(=O)(=O)c2ccc(C=Cc3ccccc3)cc2O[C@@H]1CN(C)C(=O)Nc1cc(F)ccc1F. The van der Waals surface area contributed by atoms with Crippen LogP contribution in [0.15, 0.2) is 71.6 Å². The van der Waals surface area contributed by atoms with E-state index in [2.05, 4.69) is 5.32 Å². The van der Waals surface area contributed by atoms with E-state index >= 15 is 0 Å². The zero-order chi connectivity index (χ0) is 29.7. The van der Waals surface area contributed by atoms with Gasteiger partial charge in [-0.3, -0.25) is 0 Å². The summed E-state index contributed by atoms with van der Waals surface area (Å²) in [7, 11) is -2.56. The second-order valence-corrected chi connectivity index (χ2v) is 12.0. The van der Waals surface area contributed by atoms with Crippen LogP contribution in [0.3, 0.4) is 0 Å². The normalized spacial score (nSPS) is 19.5. The third-order valence-corrected chi connectivity index (χ3v) is 8.95. The molecule has 0 unspecified atom stereocenters. The Labute approximate surface area is 238 Å². The largest absolute Gasteiger partial charge is 0.487 e. The fraction of sp³-hybridized carbons (Fsp3) is 0.300. The standard InChI is InChI=1S/C30H33F2N3O5S/c1-20-17-35(21(2)19-36)41(38,39)29-14-11-23(10-9-22-7-5-4-6-8-22)15-27(29)40-28(20)18-34(3)30(37)33-26-16-24(31)12-13-25(26)32/h4-16,20-21,28,36H,17-19H2,1-3H3,(H,33,37)/t20-,21-,28+/m0/s1. The number of nitrogens with one attached hydrogen (secondary N) is 1. The van der Waals surface area contributed by atoms with Crippen LogP contribution in [-0.2, 0) is 10.0 Å². The molecule has 2 amide bonds. The molecule has 4 rings (SSSR count). The average molecular weight is 586 g/mol. The van der Waals surface area contributed by atoms with Gasteiger partial charge >= 0.3 is 6.03 Å². The predicted molar refractivity (Wildman–Crippen MR) is 154 cm³/mol. The van der Waals surface area contributed by atoms with Crippen LogP contribution < -0.4 is 10.1 Å². The van der Waals surface area contributed by atoms with E-state index in [4.69, 9.17) is 4.74 Å². The van der Waals surface area contributed by atoms with Crippen LogP contribution in [0, 0.1) is 17.6 Å². The molecule has 0 aliphatic carbocycles. The van der Waals surface area contributed by atoms with Crippen molar-refractivity contribution < 1.29 is 31.8 Å². The Bertz CT molecular complexity index is 1520. The molecule has 0 spiro atoms. The number of rotatable bonds is 7. The Morgan fingerprint density at radius 3 is 2.54 bits per heavy atom. The molecule has 8 nitrogen and oxygen atoms in total. The highest BCUT2D eigenvalue weighted by Gasteiger charge is 2.38. The first-order chi connectivity index (χ1) is 19.5. The molecule has 1 heterocycles. The number of amides is 2. The van der Waals surface area contributed by atoms with E-state index < -0.39 is 45.8 Å². The maximum Gasteiger partial charge on any atom is 0.321 e. The van der Waals surface area contributed by atoms with E-state index in [1.54, 1.807) is 26.0 Å². The summed E-state index contributed by atoms with van der Waals surface area (Å²) in [5.41, 5.74) is 1.36. The van der Waals surface area contributed by atoms with Crippen LogP contribution in [0.25, 0.3) is 12.2 Å². The van der Waals surface area contributed by atoms with Crippen molar-refractivity contribution in [2.45, 2.75) is 30.9 Å². The first kappa shape index (κ1) is 30.2. The number of aliphatic hydroxyl groups is 1. The number of carbonyl (C=O) groups excluding carboxylic acids is 1. The molecule has 11 heteroatoms. The van der Waals surface area contributed by atoms with E-state index in [0.29, 0.717) is 5.56 Å². The minimum absolute atomic E-state index is 0.00878. The van der Waals surface area contributed by atoms with Crippen molar-refractivity contribution in [1.29, 1.82) is 0 Å². The van der Waals surface area contributed by atoms with Crippen molar-refractivity contribution in [3.63, 3.8) is 0 Å². The molecule has 0 saturated carbocycles. The molecule has 0 fully saturated rings. The van der Waals surface area contributed by atoms with Crippen molar-refractivity contribution in [3.8, 4) is 5.75 Å². The van der Waals surface area contributed by atoms with Crippen molar-refractivity contribution in [2.24, 2.45) is 5.92 Å². The lowest BCUT2D eigenvalue weighted by molar-refractivity contribution is 0.0830. The third-order valence-electron chi connectivity index (χ3n) is 6.93. The lowest BCUT2D eigenvalue weighted by Gasteiger charge is -2.37. The second-order valence-electron chi connectivity index (χ2n) is 10.1. The van der Waals surface area contributed by atoms with Crippen LogP contribution in [0.4, 0.5) is 19.3 Å². The van der Waals surface area contributed by atoms with Gasteiger partial charge in [0.25, 0.3) is 0 Å². The number of halogens is 2. The van der Waals surface area contributed by atoms with Gasteiger partial charge in [0, 0.05) is 31.6 Å². The molecule has 1 aliphatic rings.